The smallest absolute Gasteiger partial charge is 0.228 e. The Morgan fingerprint density at radius 1 is 1.11 bits per heavy atom. The number of hydrogen-bond donors (Lipinski definition) is 2. The molecule has 1 aliphatic heterocycles. The van der Waals surface area contributed by atoms with Gasteiger partial charge in [0.25, 0.3) is 0 Å². The lowest BCUT2D eigenvalue weighted by Crippen LogP contribution is -2.27. The monoisotopic (exact) mass is 255 g/mol. The van der Waals surface area contributed by atoms with E-state index in [1.54, 1.807) is 12.4 Å². The lowest BCUT2D eigenvalue weighted by atomic mass is 10.0. The second kappa shape index (κ2) is 5.75. The molecule has 0 saturated carbocycles. The summed E-state index contributed by atoms with van der Waals surface area (Å²) in [5.41, 5.74) is 1.05. The molecule has 2 aromatic rings. The standard InChI is InChI=1S/C14H17N5/c1-3-8-15-11(5-1)12-7-10-17-14(18-12)19-13-6-2-4-9-16-13/h2,4,6-7,9-11,15H,1,3,5,8H2,(H,16,17,18,19)/t11-/m0/s1. The molecule has 0 unspecified atom stereocenters. The summed E-state index contributed by atoms with van der Waals surface area (Å²) in [6.07, 6.45) is 7.18. The quantitative estimate of drug-likeness (QED) is 0.882. The zero-order valence-corrected chi connectivity index (χ0v) is 10.7. The molecule has 19 heavy (non-hydrogen) atoms. The van der Waals surface area contributed by atoms with Gasteiger partial charge in [0, 0.05) is 18.4 Å². The van der Waals surface area contributed by atoms with Crippen LogP contribution in [0, 0.1) is 0 Å². The Balaban J connectivity index is 1.76. The van der Waals surface area contributed by atoms with Gasteiger partial charge in [0.1, 0.15) is 5.82 Å². The third-order valence-electron chi connectivity index (χ3n) is 3.25. The van der Waals surface area contributed by atoms with Crippen LogP contribution < -0.4 is 10.6 Å². The first-order chi connectivity index (χ1) is 9.42. The molecule has 3 rings (SSSR count). The minimum atomic E-state index is 0.348. The topological polar surface area (TPSA) is 62.7 Å². The van der Waals surface area contributed by atoms with Gasteiger partial charge in [-0.1, -0.05) is 12.5 Å². The lowest BCUT2D eigenvalue weighted by Gasteiger charge is -2.23. The molecule has 0 aromatic carbocycles. The molecular weight excluding hydrogens is 238 g/mol. The van der Waals surface area contributed by atoms with Crippen LogP contribution in [0.1, 0.15) is 31.0 Å². The Hall–Kier alpha value is -2.01. The molecule has 5 nitrogen and oxygen atoms in total. The third kappa shape index (κ3) is 3.06. The van der Waals surface area contributed by atoms with Crippen LogP contribution in [-0.2, 0) is 0 Å². The fourth-order valence-corrected chi connectivity index (χ4v) is 2.28. The van der Waals surface area contributed by atoms with Crippen molar-refractivity contribution < 1.29 is 0 Å². The van der Waals surface area contributed by atoms with Crippen LogP contribution in [0.2, 0.25) is 0 Å². The minimum absolute atomic E-state index is 0.348. The van der Waals surface area contributed by atoms with E-state index in [-0.39, 0.29) is 0 Å². The van der Waals surface area contributed by atoms with Crippen molar-refractivity contribution in [1.29, 1.82) is 0 Å². The predicted molar refractivity (Wildman–Crippen MR) is 74.1 cm³/mol. The van der Waals surface area contributed by atoms with Gasteiger partial charge in [-0.15, -0.1) is 0 Å². The molecule has 1 aliphatic rings. The van der Waals surface area contributed by atoms with Crippen LogP contribution in [0.3, 0.4) is 0 Å². The highest BCUT2D eigenvalue weighted by atomic mass is 15.1. The summed E-state index contributed by atoms with van der Waals surface area (Å²) in [7, 11) is 0. The maximum atomic E-state index is 4.57. The molecule has 0 spiro atoms. The maximum Gasteiger partial charge on any atom is 0.228 e. The highest BCUT2D eigenvalue weighted by Crippen LogP contribution is 2.22. The number of pyridine rings is 1. The van der Waals surface area contributed by atoms with Gasteiger partial charge < -0.3 is 10.6 Å². The summed E-state index contributed by atoms with van der Waals surface area (Å²) in [5.74, 6) is 1.36. The normalized spacial score (nSPS) is 19.1. The number of hydrogen-bond acceptors (Lipinski definition) is 5. The molecular formula is C14H17N5. The Morgan fingerprint density at radius 2 is 2.11 bits per heavy atom. The number of anilines is 2. The number of aromatic nitrogens is 3. The van der Waals surface area contributed by atoms with Gasteiger partial charge in [-0.25, -0.2) is 15.0 Å². The van der Waals surface area contributed by atoms with Crippen molar-refractivity contribution in [2.45, 2.75) is 25.3 Å². The molecule has 2 N–H and O–H groups in total. The van der Waals surface area contributed by atoms with Crippen LogP contribution in [0.25, 0.3) is 0 Å². The Bertz CT molecular complexity index is 522. The molecule has 98 valence electrons. The van der Waals surface area contributed by atoms with E-state index in [0.717, 1.165) is 24.5 Å². The predicted octanol–water partition coefficient (Wildman–Crippen LogP) is 2.43. The van der Waals surface area contributed by atoms with Crippen molar-refractivity contribution in [2.24, 2.45) is 0 Å². The molecule has 0 amide bonds. The largest absolute Gasteiger partial charge is 0.309 e. The molecule has 5 heteroatoms. The fraction of sp³-hybridized carbons (Fsp3) is 0.357. The molecule has 0 aliphatic carbocycles. The summed E-state index contributed by atoms with van der Waals surface area (Å²) >= 11 is 0. The summed E-state index contributed by atoms with van der Waals surface area (Å²) in [6.45, 7) is 1.07. The zero-order chi connectivity index (χ0) is 12.9. The summed E-state index contributed by atoms with van der Waals surface area (Å²) in [6, 6.07) is 8.04. The van der Waals surface area contributed by atoms with E-state index in [9.17, 15) is 0 Å². The molecule has 1 fully saturated rings. The van der Waals surface area contributed by atoms with Crippen molar-refractivity contribution >= 4 is 11.8 Å². The van der Waals surface area contributed by atoms with Crippen molar-refractivity contribution in [1.82, 2.24) is 20.3 Å². The van der Waals surface area contributed by atoms with E-state index in [1.807, 2.05) is 24.3 Å². The van der Waals surface area contributed by atoms with Crippen molar-refractivity contribution in [3.63, 3.8) is 0 Å². The first-order valence-corrected chi connectivity index (χ1v) is 6.66. The SMILES string of the molecule is c1ccc(Nc2nccc([C@@H]3CCCCN3)n2)nc1. The number of nitrogens with one attached hydrogen (secondary N) is 2. The van der Waals surface area contributed by atoms with Gasteiger partial charge in [0.2, 0.25) is 5.95 Å². The third-order valence-corrected chi connectivity index (χ3v) is 3.25. The van der Waals surface area contributed by atoms with Crippen LogP contribution in [0.5, 0.6) is 0 Å². The van der Waals surface area contributed by atoms with E-state index in [2.05, 4.69) is 25.6 Å². The van der Waals surface area contributed by atoms with Crippen LogP contribution in [0.4, 0.5) is 11.8 Å². The van der Waals surface area contributed by atoms with Gasteiger partial charge in [-0.3, -0.25) is 0 Å². The molecule has 3 heterocycles. The van der Waals surface area contributed by atoms with Crippen LogP contribution in [-0.4, -0.2) is 21.5 Å². The zero-order valence-electron chi connectivity index (χ0n) is 10.7. The van der Waals surface area contributed by atoms with Crippen molar-refractivity contribution in [3.8, 4) is 0 Å². The lowest BCUT2D eigenvalue weighted by molar-refractivity contribution is 0.405. The average Bonchev–Trinajstić information content (AvgIpc) is 2.49. The molecule has 2 aromatic heterocycles. The summed E-state index contributed by atoms with van der Waals surface area (Å²) in [4.78, 5) is 13.0. The van der Waals surface area contributed by atoms with E-state index in [4.69, 9.17) is 0 Å². The molecule has 1 saturated heterocycles. The Kier molecular flexibility index (Phi) is 3.65. The average molecular weight is 255 g/mol. The van der Waals surface area contributed by atoms with E-state index in [1.165, 1.54) is 12.8 Å². The van der Waals surface area contributed by atoms with E-state index >= 15 is 0 Å². The summed E-state index contributed by atoms with van der Waals surface area (Å²) in [5, 5.41) is 6.62. The van der Waals surface area contributed by atoms with E-state index in [0.29, 0.717) is 12.0 Å². The second-order valence-corrected chi connectivity index (χ2v) is 4.65. The van der Waals surface area contributed by atoms with Crippen LogP contribution in [0.15, 0.2) is 36.7 Å². The number of rotatable bonds is 3. The molecule has 1 atom stereocenters. The van der Waals surface area contributed by atoms with E-state index < -0.39 is 0 Å². The summed E-state index contributed by atoms with van der Waals surface area (Å²) < 4.78 is 0. The van der Waals surface area contributed by atoms with Gasteiger partial charge in [-0.05, 0) is 37.6 Å². The Morgan fingerprint density at radius 3 is 2.89 bits per heavy atom. The molecule has 0 bridgehead atoms. The van der Waals surface area contributed by atoms with Gasteiger partial charge in [0.05, 0.1) is 5.69 Å². The second-order valence-electron chi connectivity index (χ2n) is 4.65. The van der Waals surface area contributed by atoms with Gasteiger partial charge in [0.15, 0.2) is 0 Å². The van der Waals surface area contributed by atoms with Crippen molar-refractivity contribution in [3.05, 3.63) is 42.4 Å². The first kappa shape index (κ1) is 12.0. The minimum Gasteiger partial charge on any atom is -0.309 e. The highest BCUT2D eigenvalue weighted by Gasteiger charge is 2.16. The fourth-order valence-electron chi connectivity index (χ4n) is 2.28. The van der Waals surface area contributed by atoms with Crippen LogP contribution >= 0.6 is 0 Å². The number of nitrogens with zero attached hydrogens (tertiary/aromatic N) is 3. The van der Waals surface area contributed by atoms with Gasteiger partial charge in [-0.2, -0.15) is 0 Å². The Labute approximate surface area is 112 Å². The maximum absolute atomic E-state index is 4.57. The first-order valence-electron chi connectivity index (χ1n) is 6.66. The van der Waals surface area contributed by atoms with Crippen molar-refractivity contribution in [2.75, 3.05) is 11.9 Å². The molecule has 0 radical (unpaired) electrons. The highest BCUT2D eigenvalue weighted by molar-refractivity contribution is 5.46. The number of piperidine rings is 1. The van der Waals surface area contributed by atoms with Gasteiger partial charge >= 0.3 is 0 Å².